The van der Waals surface area contributed by atoms with Crippen LogP contribution in [0.2, 0.25) is 0 Å². The van der Waals surface area contributed by atoms with Crippen LogP contribution < -0.4 is 11.3 Å². The van der Waals surface area contributed by atoms with Gasteiger partial charge in [0.25, 0.3) is 0 Å². The maximum Gasteiger partial charge on any atom is 0.115 e. The first-order chi connectivity index (χ1) is 9.40. The molecule has 98 valence electrons. The van der Waals surface area contributed by atoms with Crippen molar-refractivity contribution >= 4 is 10.9 Å². The Morgan fingerprint density at radius 2 is 2.16 bits per heavy atom. The molecule has 0 saturated carbocycles. The van der Waals surface area contributed by atoms with E-state index in [0.29, 0.717) is 0 Å². The van der Waals surface area contributed by atoms with E-state index in [0.717, 1.165) is 41.7 Å². The van der Waals surface area contributed by atoms with Crippen LogP contribution in [0.5, 0.6) is 0 Å². The molecule has 0 amide bonds. The molecule has 1 atom stereocenters. The number of benzene rings is 1. The average Bonchev–Trinajstić information content (AvgIpc) is 2.49. The number of nitrogens with zero attached hydrogens (tertiary/aromatic N) is 1. The van der Waals surface area contributed by atoms with Gasteiger partial charge in [-0.15, -0.1) is 0 Å². The molecule has 0 saturated heterocycles. The molecule has 19 heavy (non-hydrogen) atoms. The van der Waals surface area contributed by atoms with Crippen molar-refractivity contribution in [2.75, 3.05) is 6.61 Å². The molecule has 1 unspecified atom stereocenters. The summed E-state index contributed by atoms with van der Waals surface area (Å²) in [6.45, 7) is 0.757. The summed E-state index contributed by atoms with van der Waals surface area (Å²) in [5, 5.41) is 1.10. The van der Waals surface area contributed by atoms with Gasteiger partial charge >= 0.3 is 0 Å². The third kappa shape index (κ3) is 2.32. The van der Waals surface area contributed by atoms with Crippen molar-refractivity contribution in [3.8, 4) is 0 Å². The molecule has 2 heterocycles. The van der Waals surface area contributed by atoms with Crippen molar-refractivity contribution < 1.29 is 4.74 Å². The fraction of sp³-hybridized carbons (Fsp3) is 0.267. The molecule has 3 N–H and O–H groups in total. The summed E-state index contributed by atoms with van der Waals surface area (Å²) in [5.74, 6) is 6.64. The lowest BCUT2D eigenvalue weighted by Crippen LogP contribution is -2.31. The average molecular weight is 255 g/mol. The highest BCUT2D eigenvalue weighted by Gasteiger charge is 2.20. The summed E-state index contributed by atoms with van der Waals surface area (Å²) in [7, 11) is 0. The maximum atomic E-state index is 5.74. The molecule has 3 rings (SSSR count). The summed E-state index contributed by atoms with van der Waals surface area (Å²) in [6, 6.07) is 9.94. The minimum absolute atomic E-state index is 0.117. The van der Waals surface area contributed by atoms with Crippen LogP contribution in [0.25, 0.3) is 10.9 Å². The molecular weight excluding hydrogens is 238 g/mol. The van der Waals surface area contributed by atoms with Crippen molar-refractivity contribution in [1.29, 1.82) is 0 Å². The molecule has 4 heteroatoms. The van der Waals surface area contributed by atoms with E-state index in [4.69, 9.17) is 10.6 Å². The minimum atomic E-state index is -0.117. The van der Waals surface area contributed by atoms with Crippen molar-refractivity contribution in [2.24, 2.45) is 5.84 Å². The number of rotatable bonds is 3. The number of nitrogens with one attached hydrogen (secondary N) is 1. The number of para-hydroxylation sites is 1. The van der Waals surface area contributed by atoms with Crippen molar-refractivity contribution in [1.82, 2.24) is 10.4 Å². The lowest BCUT2D eigenvalue weighted by molar-refractivity contribution is 0.168. The van der Waals surface area contributed by atoms with Gasteiger partial charge in [0.15, 0.2) is 0 Å². The van der Waals surface area contributed by atoms with Gasteiger partial charge in [0.2, 0.25) is 0 Å². The molecular formula is C15H17N3O. The zero-order valence-electron chi connectivity index (χ0n) is 10.7. The number of hydrogen-bond donors (Lipinski definition) is 2. The number of nitrogens with two attached hydrogens (primary N) is 1. The first kappa shape index (κ1) is 12.1. The monoisotopic (exact) mass is 255 g/mol. The lowest BCUT2D eigenvalue weighted by Gasteiger charge is -2.24. The van der Waals surface area contributed by atoms with Crippen LogP contribution >= 0.6 is 0 Å². The zero-order valence-corrected chi connectivity index (χ0v) is 10.7. The van der Waals surface area contributed by atoms with Gasteiger partial charge in [-0.05, 0) is 36.6 Å². The van der Waals surface area contributed by atoms with E-state index >= 15 is 0 Å². The minimum Gasteiger partial charge on any atom is -0.496 e. The van der Waals surface area contributed by atoms with E-state index < -0.39 is 0 Å². The summed E-state index contributed by atoms with van der Waals surface area (Å²) in [6.07, 6.45) is 6.03. The first-order valence-electron chi connectivity index (χ1n) is 6.53. The number of hydrazine groups is 1. The number of fused-ring (bicyclic) bond motifs is 1. The fourth-order valence-corrected chi connectivity index (χ4v) is 2.47. The number of ether oxygens (including phenoxy) is 1. The third-order valence-electron chi connectivity index (χ3n) is 3.41. The van der Waals surface area contributed by atoms with E-state index in [1.807, 2.05) is 30.5 Å². The van der Waals surface area contributed by atoms with Crippen molar-refractivity contribution in [2.45, 2.75) is 18.9 Å². The molecule has 0 bridgehead atoms. The van der Waals surface area contributed by atoms with Crippen LogP contribution in [0, 0.1) is 0 Å². The highest BCUT2D eigenvalue weighted by atomic mass is 16.5. The van der Waals surface area contributed by atoms with E-state index in [1.165, 1.54) is 0 Å². The summed E-state index contributed by atoms with van der Waals surface area (Å²) >= 11 is 0. The Bertz CT molecular complexity index is 604. The second-order valence-electron chi connectivity index (χ2n) is 4.61. The van der Waals surface area contributed by atoms with Crippen LogP contribution in [0.3, 0.4) is 0 Å². The van der Waals surface area contributed by atoms with Gasteiger partial charge in [-0.1, -0.05) is 18.2 Å². The van der Waals surface area contributed by atoms with Crippen molar-refractivity contribution in [3.05, 3.63) is 53.9 Å². The Kier molecular flexibility index (Phi) is 3.44. The quantitative estimate of drug-likeness (QED) is 0.653. The smallest absolute Gasteiger partial charge is 0.115 e. The van der Waals surface area contributed by atoms with Gasteiger partial charge in [0, 0.05) is 11.6 Å². The normalized spacial score (nSPS) is 16.8. The Morgan fingerprint density at radius 3 is 2.95 bits per heavy atom. The Hall–Kier alpha value is -1.91. The van der Waals surface area contributed by atoms with Crippen LogP contribution in [-0.4, -0.2) is 11.6 Å². The van der Waals surface area contributed by atoms with E-state index in [9.17, 15) is 0 Å². The number of pyridine rings is 1. The van der Waals surface area contributed by atoms with E-state index in [2.05, 4.69) is 22.6 Å². The summed E-state index contributed by atoms with van der Waals surface area (Å²) in [5.41, 5.74) is 4.93. The fourth-order valence-electron chi connectivity index (χ4n) is 2.47. The van der Waals surface area contributed by atoms with Crippen molar-refractivity contribution in [3.63, 3.8) is 0 Å². The summed E-state index contributed by atoms with van der Waals surface area (Å²) in [4.78, 5) is 4.37. The van der Waals surface area contributed by atoms with Gasteiger partial charge < -0.3 is 4.74 Å². The predicted molar refractivity (Wildman–Crippen MR) is 75.1 cm³/mol. The number of aromatic nitrogens is 1. The molecule has 0 fully saturated rings. The van der Waals surface area contributed by atoms with Crippen LogP contribution in [-0.2, 0) is 4.74 Å². The van der Waals surface area contributed by atoms with Gasteiger partial charge in [-0.2, -0.15) is 0 Å². The lowest BCUT2D eigenvalue weighted by atomic mass is 9.99. The number of hydrogen-bond acceptors (Lipinski definition) is 4. The summed E-state index contributed by atoms with van der Waals surface area (Å²) < 4.78 is 5.73. The molecule has 0 spiro atoms. The SMILES string of the molecule is NNC(C1=CCCCO1)c1ccnc2ccccc12. The van der Waals surface area contributed by atoms with E-state index in [1.54, 1.807) is 0 Å². The second kappa shape index (κ2) is 5.38. The van der Waals surface area contributed by atoms with Gasteiger partial charge in [0.05, 0.1) is 12.1 Å². The zero-order chi connectivity index (χ0) is 13.1. The molecule has 1 aromatic carbocycles. The Balaban J connectivity index is 2.08. The topological polar surface area (TPSA) is 60.2 Å². The van der Waals surface area contributed by atoms with Crippen LogP contribution in [0.4, 0.5) is 0 Å². The molecule has 1 aliphatic rings. The maximum absolute atomic E-state index is 5.74. The largest absolute Gasteiger partial charge is 0.496 e. The van der Waals surface area contributed by atoms with Gasteiger partial charge in [0.1, 0.15) is 11.8 Å². The third-order valence-corrected chi connectivity index (χ3v) is 3.41. The molecule has 0 aliphatic carbocycles. The second-order valence-corrected chi connectivity index (χ2v) is 4.61. The molecule has 1 aromatic heterocycles. The highest BCUT2D eigenvalue weighted by molar-refractivity contribution is 5.82. The van der Waals surface area contributed by atoms with Gasteiger partial charge in [-0.25, -0.2) is 5.43 Å². The standard InChI is InChI=1S/C15H17N3O/c16-18-15(14-7-3-4-10-19-14)12-8-9-17-13-6-2-1-5-11(12)13/h1-2,5-9,15,18H,3-4,10,16H2. The van der Waals surface area contributed by atoms with Crippen LogP contribution in [0.15, 0.2) is 48.4 Å². The molecule has 1 aliphatic heterocycles. The van der Waals surface area contributed by atoms with Gasteiger partial charge in [-0.3, -0.25) is 10.8 Å². The van der Waals surface area contributed by atoms with E-state index in [-0.39, 0.29) is 6.04 Å². The molecule has 4 nitrogen and oxygen atoms in total. The van der Waals surface area contributed by atoms with Crippen LogP contribution in [0.1, 0.15) is 24.4 Å². The first-order valence-corrected chi connectivity index (χ1v) is 6.53. The Morgan fingerprint density at radius 1 is 1.26 bits per heavy atom. The molecule has 2 aromatic rings. The number of allylic oxidation sites excluding steroid dienone is 1. The predicted octanol–water partition coefficient (Wildman–Crippen LogP) is 2.43. The molecule has 0 radical (unpaired) electrons. The highest BCUT2D eigenvalue weighted by Crippen LogP contribution is 2.29. The Labute approximate surface area is 112 Å².